The maximum atomic E-state index is 12.0. The maximum Gasteiger partial charge on any atom is 0.244 e. The Labute approximate surface area is 143 Å². The van der Waals surface area contributed by atoms with E-state index in [1.807, 2.05) is 36.4 Å². The second-order valence-electron chi connectivity index (χ2n) is 5.50. The van der Waals surface area contributed by atoms with Gasteiger partial charge in [0.25, 0.3) is 0 Å². The Morgan fingerprint density at radius 3 is 2.46 bits per heavy atom. The Bertz CT molecular complexity index is 695. The van der Waals surface area contributed by atoms with Crippen LogP contribution in [0.3, 0.4) is 0 Å². The van der Waals surface area contributed by atoms with E-state index in [0.717, 1.165) is 5.56 Å². The first kappa shape index (κ1) is 17.6. The van der Waals surface area contributed by atoms with Crippen molar-refractivity contribution in [1.29, 1.82) is 0 Å². The molecule has 0 radical (unpaired) electrons. The summed E-state index contributed by atoms with van der Waals surface area (Å²) in [4.78, 5) is 12.0. The van der Waals surface area contributed by atoms with Crippen molar-refractivity contribution in [3.05, 3.63) is 65.7 Å². The molecule has 0 fully saturated rings. The SMILES string of the molecule is COc1ccc(/C=C/C(=O)NC[C@H](C)c2ccccc2)cc1OC. The molecule has 24 heavy (non-hydrogen) atoms. The zero-order valence-corrected chi connectivity index (χ0v) is 14.3. The number of hydrogen-bond acceptors (Lipinski definition) is 3. The van der Waals surface area contributed by atoms with Gasteiger partial charge in [-0.1, -0.05) is 43.3 Å². The van der Waals surface area contributed by atoms with Crippen LogP contribution in [0.5, 0.6) is 11.5 Å². The highest BCUT2D eigenvalue weighted by Crippen LogP contribution is 2.27. The van der Waals surface area contributed by atoms with Gasteiger partial charge in [-0.2, -0.15) is 0 Å². The van der Waals surface area contributed by atoms with E-state index in [1.165, 1.54) is 11.6 Å². The number of amides is 1. The molecule has 0 heterocycles. The molecule has 2 aromatic rings. The van der Waals surface area contributed by atoms with Gasteiger partial charge in [0.15, 0.2) is 11.5 Å². The minimum Gasteiger partial charge on any atom is -0.493 e. The van der Waals surface area contributed by atoms with Gasteiger partial charge in [0, 0.05) is 12.6 Å². The van der Waals surface area contributed by atoms with Gasteiger partial charge in [-0.3, -0.25) is 4.79 Å². The van der Waals surface area contributed by atoms with Crippen molar-refractivity contribution < 1.29 is 14.3 Å². The van der Waals surface area contributed by atoms with Crippen molar-refractivity contribution in [3.8, 4) is 11.5 Å². The monoisotopic (exact) mass is 325 g/mol. The minimum atomic E-state index is -0.118. The first-order valence-electron chi connectivity index (χ1n) is 7.87. The number of ether oxygens (including phenoxy) is 2. The molecule has 4 heteroatoms. The fraction of sp³-hybridized carbons (Fsp3) is 0.250. The van der Waals surface area contributed by atoms with Crippen LogP contribution >= 0.6 is 0 Å². The summed E-state index contributed by atoms with van der Waals surface area (Å²) in [6, 6.07) is 15.6. The van der Waals surface area contributed by atoms with Gasteiger partial charge < -0.3 is 14.8 Å². The molecule has 0 bridgehead atoms. The molecular weight excluding hydrogens is 302 g/mol. The average molecular weight is 325 g/mol. The van der Waals surface area contributed by atoms with Gasteiger partial charge in [0.2, 0.25) is 5.91 Å². The third-order valence-corrected chi connectivity index (χ3v) is 3.79. The number of benzene rings is 2. The van der Waals surface area contributed by atoms with Gasteiger partial charge in [0.05, 0.1) is 14.2 Å². The fourth-order valence-corrected chi connectivity index (χ4v) is 2.34. The molecule has 2 aromatic carbocycles. The summed E-state index contributed by atoms with van der Waals surface area (Å²) in [6.45, 7) is 2.69. The quantitative estimate of drug-likeness (QED) is 0.791. The Kier molecular flexibility index (Phi) is 6.43. The van der Waals surface area contributed by atoms with Crippen molar-refractivity contribution in [2.45, 2.75) is 12.8 Å². The third-order valence-electron chi connectivity index (χ3n) is 3.79. The molecule has 0 saturated heterocycles. The predicted octanol–water partition coefficient (Wildman–Crippen LogP) is 3.64. The van der Waals surface area contributed by atoms with E-state index >= 15 is 0 Å². The van der Waals surface area contributed by atoms with Gasteiger partial charge >= 0.3 is 0 Å². The standard InChI is InChI=1S/C20H23NO3/c1-15(17-7-5-4-6-8-17)14-21-20(22)12-10-16-9-11-18(23-2)19(13-16)24-3/h4-13,15H,14H2,1-3H3,(H,21,22)/b12-10+/t15-/m0/s1. The van der Waals surface area contributed by atoms with Gasteiger partial charge in [-0.25, -0.2) is 0 Å². The van der Waals surface area contributed by atoms with Gasteiger partial charge in [0.1, 0.15) is 0 Å². The molecule has 1 amide bonds. The number of carbonyl (C=O) groups is 1. The first-order chi connectivity index (χ1) is 11.6. The van der Waals surface area contributed by atoms with Crippen LogP contribution in [0.2, 0.25) is 0 Å². The highest BCUT2D eigenvalue weighted by atomic mass is 16.5. The molecule has 1 N–H and O–H groups in total. The normalized spacial score (nSPS) is 12.0. The summed E-state index contributed by atoms with van der Waals surface area (Å²) < 4.78 is 10.4. The highest BCUT2D eigenvalue weighted by molar-refractivity contribution is 5.91. The van der Waals surface area contributed by atoms with E-state index in [0.29, 0.717) is 18.0 Å². The van der Waals surface area contributed by atoms with E-state index in [4.69, 9.17) is 9.47 Å². The fourth-order valence-electron chi connectivity index (χ4n) is 2.34. The highest BCUT2D eigenvalue weighted by Gasteiger charge is 2.06. The number of rotatable bonds is 7. The second kappa shape index (κ2) is 8.77. The Hall–Kier alpha value is -2.75. The Morgan fingerprint density at radius 2 is 1.79 bits per heavy atom. The van der Waals surface area contributed by atoms with Crippen molar-refractivity contribution in [1.82, 2.24) is 5.32 Å². The summed E-state index contributed by atoms with van der Waals surface area (Å²) in [5.41, 5.74) is 2.08. The van der Waals surface area contributed by atoms with Crippen molar-refractivity contribution in [2.75, 3.05) is 20.8 Å². The molecule has 0 aliphatic rings. The van der Waals surface area contributed by atoms with Crippen LogP contribution in [0, 0.1) is 0 Å². The molecular formula is C20H23NO3. The van der Waals surface area contributed by atoms with Crippen LogP contribution in [0.25, 0.3) is 6.08 Å². The largest absolute Gasteiger partial charge is 0.493 e. The minimum absolute atomic E-state index is 0.118. The number of nitrogens with one attached hydrogen (secondary N) is 1. The lowest BCUT2D eigenvalue weighted by Crippen LogP contribution is -2.25. The smallest absolute Gasteiger partial charge is 0.244 e. The molecule has 2 rings (SSSR count). The number of hydrogen-bond donors (Lipinski definition) is 1. The second-order valence-corrected chi connectivity index (χ2v) is 5.50. The molecule has 0 aliphatic carbocycles. The average Bonchev–Trinajstić information content (AvgIpc) is 2.64. The Balaban J connectivity index is 1.91. The topological polar surface area (TPSA) is 47.6 Å². The van der Waals surface area contributed by atoms with E-state index in [9.17, 15) is 4.79 Å². The van der Waals surface area contributed by atoms with Crippen LogP contribution in [0.4, 0.5) is 0 Å². The van der Waals surface area contributed by atoms with Crippen LogP contribution in [0.15, 0.2) is 54.6 Å². The van der Waals surface area contributed by atoms with Crippen LogP contribution in [-0.2, 0) is 4.79 Å². The van der Waals surface area contributed by atoms with Crippen molar-refractivity contribution >= 4 is 12.0 Å². The van der Waals surface area contributed by atoms with Gasteiger partial charge in [-0.15, -0.1) is 0 Å². The predicted molar refractivity (Wildman–Crippen MR) is 96.4 cm³/mol. The lowest BCUT2D eigenvalue weighted by Gasteiger charge is -2.12. The zero-order valence-electron chi connectivity index (χ0n) is 14.3. The third kappa shape index (κ3) is 4.88. The van der Waals surface area contributed by atoms with Gasteiger partial charge in [-0.05, 0) is 35.3 Å². The summed E-state index contributed by atoms with van der Waals surface area (Å²) in [5.74, 6) is 1.45. The molecule has 0 aliphatic heterocycles. The lowest BCUT2D eigenvalue weighted by molar-refractivity contribution is -0.116. The van der Waals surface area contributed by atoms with Crippen LogP contribution in [-0.4, -0.2) is 26.7 Å². The first-order valence-corrected chi connectivity index (χ1v) is 7.87. The van der Waals surface area contributed by atoms with E-state index in [-0.39, 0.29) is 11.8 Å². The maximum absolute atomic E-state index is 12.0. The van der Waals surface area contributed by atoms with Crippen molar-refractivity contribution in [3.63, 3.8) is 0 Å². The molecule has 0 spiro atoms. The molecule has 0 unspecified atom stereocenters. The molecule has 4 nitrogen and oxygen atoms in total. The van der Waals surface area contributed by atoms with E-state index < -0.39 is 0 Å². The Morgan fingerprint density at radius 1 is 1.08 bits per heavy atom. The van der Waals surface area contributed by atoms with E-state index in [2.05, 4.69) is 24.4 Å². The zero-order chi connectivity index (χ0) is 17.4. The molecule has 126 valence electrons. The van der Waals surface area contributed by atoms with E-state index in [1.54, 1.807) is 20.3 Å². The number of methoxy groups -OCH3 is 2. The molecule has 0 aromatic heterocycles. The lowest BCUT2D eigenvalue weighted by atomic mass is 10.0. The van der Waals surface area contributed by atoms with Crippen LogP contribution < -0.4 is 14.8 Å². The summed E-state index contributed by atoms with van der Waals surface area (Å²) in [5, 5.41) is 2.92. The number of carbonyl (C=O) groups excluding carboxylic acids is 1. The summed E-state index contributed by atoms with van der Waals surface area (Å²) in [6.07, 6.45) is 3.28. The molecule has 1 atom stereocenters. The molecule has 0 saturated carbocycles. The summed E-state index contributed by atoms with van der Waals surface area (Å²) in [7, 11) is 3.18. The summed E-state index contributed by atoms with van der Waals surface area (Å²) >= 11 is 0. The van der Waals surface area contributed by atoms with Crippen LogP contribution in [0.1, 0.15) is 24.0 Å². The van der Waals surface area contributed by atoms with Crippen molar-refractivity contribution in [2.24, 2.45) is 0 Å².